The van der Waals surface area contributed by atoms with E-state index >= 15 is 0 Å². The number of hydrogen-bond acceptors (Lipinski definition) is 4. The predicted octanol–water partition coefficient (Wildman–Crippen LogP) is 1.49. The van der Waals surface area contributed by atoms with Gasteiger partial charge in [-0.2, -0.15) is 0 Å². The van der Waals surface area contributed by atoms with Crippen molar-refractivity contribution in [3.8, 4) is 0 Å². The van der Waals surface area contributed by atoms with Gasteiger partial charge in [0, 0.05) is 12.1 Å². The third-order valence-corrected chi connectivity index (χ3v) is 5.18. The van der Waals surface area contributed by atoms with Crippen molar-refractivity contribution in [1.82, 2.24) is 15.4 Å². The molecule has 7 nitrogen and oxygen atoms in total. The molecule has 0 radical (unpaired) electrons. The van der Waals surface area contributed by atoms with Gasteiger partial charge in [-0.3, -0.25) is 4.79 Å². The van der Waals surface area contributed by atoms with Gasteiger partial charge in [0.25, 0.3) is 15.9 Å². The predicted molar refractivity (Wildman–Crippen MR) is 87.6 cm³/mol. The van der Waals surface area contributed by atoms with Crippen LogP contribution < -0.4 is 15.4 Å². The van der Waals surface area contributed by atoms with E-state index < -0.39 is 27.5 Å². The number of amides is 3. The number of carbonyl (C=O) groups is 2. The van der Waals surface area contributed by atoms with Crippen LogP contribution in [0.5, 0.6) is 0 Å². The standard InChI is InChI=1S/C14H20ClN3O4S/c1-9(2)14(3,17-13(20)16-4)12(19)18-23(21,22)11-7-5-10(15)6-8-11/h5-9H,1-4H3,(H,18,19)(H2,16,17,20). The summed E-state index contributed by atoms with van der Waals surface area (Å²) >= 11 is 5.72. The van der Waals surface area contributed by atoms with Gasteiger partial charge in [-0.25, -0.2) is 17.9 Å². The highest BCUT2D eigenvalue weighted by molar-refractivity contribution is 7.90. The summed E-state index contributed by atoms with van der Waals surface area (Å²) in [6.45, 7) is 4.86. The van der Waals surface area contributed by atoms with Crippen LogP contribution in [0.15, 0.2) is 29.2 Å². The maximum atomic E-state index is 12.5. The number of benzene rings is 1. The molecule has 128 valence electrons. The Kier molecular flexibility index (Phi) is 6.01. The molecule has 0 aromatic heterocycles. The maximum absolute atomic E-state index is 12.5. The molecule has 0 saturated carbocycles. The molecule has 3 amide bonds. The molecule has 0 aliphatic heterocycles. The average Bonchev–Trinajstić information content (AvgIpc) is 2.46. The molecule has 23 heavy (non-hydrogen) atoms. The van der Waals surface area contributed by atoms with E-state index in [9.17, 15) is 18.0 Å². The minimum atomic E-state index is -4.07. The smallest absolute Gasteiger partial charge is 0.315 e. The lowest BCUT2D eigenvalue weighted by atomic mass is 9.88. The van der Waals surface area contributed by atoms with Crippen LogP contribution in [0.1, 0.15) is 20.8 Å². The van der Waals surface area contributed by atoms with Crippen LogP contribution in [0, 0.1) is 5.92 Å². The van der Waals surface area contributed by atoms with Crippen LogP contribution in [0.4, 0.5) is 4.79 Å². The van der Waals surface area contributed by atoms with Crippen molar-refractivity contribution in [2.45, 2.75) is 31.2 Å². The monoisotopic (exact) mass is 361 g/mol. The van der Waals surface area contributed by atoms with Crippen molar-refractivity contribution in [2.75, 3.05) is 7.05 Å². The van der Waals surface area contributed by atoms with Crippen molar-refractivity contribution in [3.63, 3.8) is 0 Å². The number of rotatable bonds is 5. The van der Waals surface area contributed by atoms with Gasteiger partial charge in [-0.15, -0.1) is 0 Å². The Bertz CT molecular complexity index is 688. The summed E-state index contributed by atoms with van der Waals surface area (Å²) in [5, 5.41) is 5.19. The number of nitrogens with one attached hydrogen (secondary N) is 3. The van der Waals surface area contributed by atoms with E-state index in [0.717, 1.165) is 0 Å². The minimum absolute atomic E-state index is 0.0960. The van der Waals surface area contributed by atoms with Gasteiger partial charge < -0.3 is 10.6 Å². The van der Waals surface area contributed by atoms with E-state index in [2.05, 4.69) is 10.6 Å². The number of hydrogen-bond donors (Lipinski definition) is 3. The Morgan fingerprint density at radius 2 is 1.70 bits per heavy atom. The molecule has 0 bridgehead atoms. The van der Waals surface area contributed by atoms with Crippen molar-refractivity contribution in [3.05, 3.63) is 29.3 Å². The second-order valence-corrected chi connectivity index (χ2v) is 7.57. The summed E-state index contributed by atoms with van der Waals surface area (Å²) in [6, 6.07) is 4.81. The van der Waals surface area contributed by atoms with Crippen molar-refractivity contribution in [1.29, 1.82) is 0 Å². The molecule has 1 aromatic carbocycles. The summed E-state index contributed by atoms with van der Waals surface area (Å²) in [4.78, 5) is 23.9. The topological polar surface area (TPSA) is 104 Å². The fraction of sp³-hybridized carbons (Fsp3) is 0.429. The van der Waals surface area contributed by atoms with Crippen LogP contribution in [-0.4, -0.2) is 32.9 Å². The van der Waals surface area contributed by atoms with Crippen LogP contribution in [0.25, 0.3) is 0 Å². The molecule has 1 rings (SSSR count). The van der Waals surface area contributed by atoms with E-state index in [1.54, 1.807) is 13.8 Å². The minimum Gasteiger partial charge on any atom is -0.341 e. The number of carbonyl (C=O) groups excluding carboxylic acids is 2. The van der Waals surface area contributed by atoms with Crippen LogP contribution in [-0.2, 0) is 14.8 Å². The fourth-order valence-corrected chi connectivity index (χ4v) is 2.86. The van der Waals surface area contributed by atoms with Crippen molar-refractivity contribution in [2.24, 2.45) is 5.92 Å². The lowest BCUT2D eigenvalue weighted by molar-refractivity contribution is -0.126. The fourth-order valence-electron chi connectivity index (χ4n) is 1.66. The van der Waals surface area contributed by atoms with E-state index in [4.69, 9.17) is 11.6 Å². The van der Waals surface area contributed by atoms with Crippen molar-refractivity contribution >= 4 is 33.6 Å². The largest absolute Gasteiger partial charge is 0.341 e. The molecule has 0 saturated heterocycles. The molecule has 3 N–H and O–H groups in total. The molecule has 0 heterocycles. The first kappa shape index (κ1) is 19.2. The lowest BCUT2D eigenvalue weighted by Crippen LogP contribution is -2.62. The molecule has 0 aliphatic carbocycles. The zero-order valence-corrected chi connectivity index (χ0v) is 14.9. The Labute approximate surface area is 140 Å². The van der Waals surface area contributed by atoms with Crippen LogP contribution in [0.3, 0.4) is 0 Å². The van der Waals surface area contributed by atoms with E-state index in [1.165, 1.54) is 38.2 Å². The van der Waals surface area contributed by atoms with Gasteiger partial charge in [-0.05, 0) is 37.1 Å². The molecule has 1 atom stereocenters. The van der Waals surface area contributed by atoms with Crippen LogP contribution in [0.2, 0.25) is 5.02 Å². The van der Waals surface area contributed by atoms with Gasteiger partial charge in [0.05, 0.1) is 4.90 Å². The molecule has 1 aromatic rings. The molecular weight excluding hydrogens is 342 g/mol. The van der Waals surface area contributed by atoms with Gasteiger partial charge in [0.15, 0.2) is 0 Å². The number of urea groups is 1. The Morgan fingerprint density at radius 1 is 1.17 bits per heavy atom. The summed E-state index contributed by atoms with van der Waals surface area (Å²) in [7, 11) is -2.66. The van der Waals surface area contributed by atoms with E-state index in [0.29, 0.717) is 5.02 Å². The molecule has 0 fully saturated rings. The molecular formula is C14H20ClN3O4S. The second kappa shape index (κ2) is 7.18. The van der Waals surface area contributed by atoms with Gasteiger partial charge in [0.1, 0.15) is 5.54 Å². The normalized spacial score (nSPS) is 14.0. The Morgan fingerprint density at radius 3 is 2.13 bits per heavy atom. The van der Waals surface area contributed by atoms with Gasteiger partial charge in [-0.1, -0.05) is 25.4 Å². The van der Waals surface area contributed by atoms with Gasteiger partial charge >= 0.3 is 6.03 Å². The third-order valence-electron chi connectivity index (χ3n) is 3.58. The second-order valence-electron chi connectivity index (χ2n) is 5.45. The Balaban J connectivity index is 3.06. The summed E-state index contributed by atoms with van der Waals surface area (Å²) in [6.07, 6.45) is 0. The SMILES string of the molecule is CNC(=O)NC(C)(C(=O)NS(=O)(=O)c1ccc(Cl)cc1)C(C)C. The highest BCUT2D eigenvalue weighted by Crippen LogP contribution is 2.19. The summed E-state index contributed by atoms with van der Waals surface area (Å²) in [5.74, 6) is -1.17. The highest BCUT2D eigenvalue weighted by Gasteiger charge is 2.40. The first-order valence-electron chi connectivity index (χ1n) is 6.85. The molecule has 0 aliphatic rings. The number of halogens is 1. The maximum Gasteiger partial charge on any atom is 0.315 e. The van der Waals surface area contributed by atoms with E-state index in [-0.39, 0.29) is 10.8 Å². The van der Waals surface area contributed by atoms with E-state index in [1.807, 2.05) is 4.72 Å². The summed E-state index contributed by atoms with van der Waals surface area (Å²) < 4.78 is 26.5. The lowest BCUT2D eigenvalue weighted by Gasteiger charge is -2.32. The molecule has 1 unspecified atom stereocenters. The highest BCUT2D eigenvalue weighted by atomic mass is 35.5. The quantitative estimate of drug-likeness (QED) is 0.738. The van der Waals surface area contributed by atoms with Crippen LogP contribution >= 0.6 is 11.6 Å². The van der Waals surface area contributed by atoms with Gasteiger partial charge in [0.2, 0.25) is 0 Å². The average molecular weight is 362 g/mol. The molecule has 9 heteroatoms. The zero-order valence-electron chi connectivity index (χ0n) is 13.3. The summed E-state index contributed by atoms with van der Waals surface area (Å²) in [5.41, 5.74) is -1.40. The first-order chi connectivity index (χ1) is 10.5. The first-order valence-corrected chi connectivity index (χ1v) is 8.71. The number of sulfonamides is 1. The Hall–Kier alpha value is -1.80. The zero-order chi connectivity index (χ0) is 17.8. The third kappa shape index (κ3) is 4.59. The molecule has 0 spiro atoms. The van der Waals surface area contributed by atoms with Crippen molar-refractivity contribution < 1.29 is 18.0 Å².